The van der Waals surface area contributed by atoms with Crippen molar-refractivity contribution in [3.8, 4) is 0 Å². The van der Waals surface area contributed by atoms with E-state index in [1.165, 1.54) is 12.8 Å². The van der Waals surface area contributed by atoms with Crippen molar-refractivity contribution < 1.29 is 9.21 Å². The van der Waals surface area contributed by atoms with Crippen molar-refractivity contribution >= 4 is 40.8 Å². The van der Waals surface area contributed by atoms with Gasteiger partial charge in [0.05, 0.1) is 12.2 Å². The highest BCUT2D eigenvalue weighted by Gasteiger charge is 2.29. The standard InChI is InChI=1S/C20H26ClN3O2S/c21-16-5-6-17-18(13-16)26-20(27)24(17)14-22-11-7-15(8-12-22)19(25)23-9-3-1-2-4-10-23/h5-6,13,15H,1-4,7-12,14H2. The lowest BCUT2D eigenvalue weighted by Crippen LogP contribution is -2.43. The minimum atomic E-state index is 0.173. The first-order chi connectivity index (χ1) is 13.1. The fourth-order valence-corrected chi connectivity index (χ4v) is 4.65. The van der Waals surface area contributed by atoms with Gasteiger partial charge >= 0.3 is 0 Å². The van der Waals surface area contributed by atoms with Crippen LogP contribution in [0.4, 0.5) is 0 Å². The molecule has 5 nitrogen and oxygen atoms in total. The van der Waals surface area contributed by atoms with Crippen molar-refractivity contribution in [1.29, 1.82) is 0 Å². The van der Waals surface area contributed by atoms with Gasteiger partial charge in [-0.15, -0.1) is 0 Å². The van der Waals surface area contributed by atoms with Crippen molar-refractivity contribution in [2.45, 2.75) is 45.2 Å². The van der Waals surface area contributed by atoms with Crippen LogP contribution < -0.4 is 0 Å². The highest BCUT2D eigenvalue weighted by Crippen LogP contribution is 2.25. The number of halogens is 1. The van der Waals surface area contributed by atoms with E-state index in [-0.39, 0.29) is 5.92 Å². The summed E-state index contributed by atoms with van der Waals surface area (Å²) in [4.78, 5) is 17.8. The zero-order chi connectivity index (χ0) is 18.8. The SMILES string of the molecule is O=C(C1CCN(Cn2c(=S)oc3cc(Cl)ccc32)CC1)N1CCCCCC1. The smallest absolute Gasteiger partial charge is 0.270 e. The maximum absolute atomic E-state index is 12.8. The fourth-order valence-electron chi connectivity index (χ4n) is 4.24. The van der Waals surface area contributed by atoms with Gasteiger partial charge in [0.25, 0.3) is 4.84 Å². The molecule has 2 fully saturated rings. The van der Waals surface area contributed by atoms with E-state index in [2.05, 4.69) is 9.80 Å². The number of hydrogen-bond acceptors (Lipinski definition) is 4. The number of oxazole rings is 1. The number of benzene rings is 1. The zero-order valence-corrected chi connectivity index (χ0v) is 17.1. The van der Waals surface area contributed by atoms with Gasteiger partial charge in [-0.05, 0) is 50.0 Å². The van der Waals surface area contributed by atoms with Gasteiger partial charge in [0.1, 0.15) is 0 Å². The number of fused-ring (bicyclic) bond motifs is 1. The molecule has 0 spiro atoms. The van der Waals surface area contributed by atoms with E-state index in [4.69, 9.17) is 28.2 Å². The lowest BCUT2D eigenvalue weighted by molar-refractivity contribution is -0.137. The first-order valence-electron chi connectivity index (χ1n) is 9.92. The molecule has 0 unspecified atom stereocenters. The van der Waals surface area contributed by atoms with Crippen LogP contribution >= 0.6 is 23.8 Å². The molecule has 3 heterocycles. The van der Waals surface area contributed by atoms with Crippen molar-refractivity contribution in [1.82, 2.24) is 14.4 Å². The van der Waals surface area contributed by atoms with E-state index >= 15 is 0 Å². The molecule has 1 aromatic carbocycles. The van der Waals surface area contributed by atoms with E-state index in [0.29, 0.717) is 22.4 Å². The number of aromatic nitrogens is 1. The van der Waals surface area contributed by atoms with Crippen LogP contribution in [0.3, 0.4) is 0 Å². The molecule has 0 atom stereocenters. The number of carbonyl (C=O) groups is 1. The Labute approximate surface area is 169 Å². The maximum Gasteiger partial charge on any atom is 0.270 e. The molecule has 7 heteroatoms. The van der Waals surface area contributed by atoms with Crippen molar-refractivity contribution in [3.63, 3.8) is 0 Å². The highest BCUT2D eigenvalue weighted by atomic mass is 35.5. The molecule has 27 heavy (non-hydrogen) atoms. The molecule has 0 N–H and O–H groups in total. The summed E-state index contributed by atoms with van der Waals surface area (Å²) in [5.41, 5.74) is 1.69. The van der Waals surface area contributed by atoms with Gasteiger partial charge in [0, 0.05) is 43.2 Å². The number of amides is 1. The van der Waals surface area contributed by atoms with Crippen LogP contribution in [0.1, 0.15) is 38.5 Å². The minimum absolute atomic E-state index is 0.173. The summed E-state index contributed by atoms with van der Waals surface area (Å²) in [6.45, 7) is 4.40. The van der Waals surface area contributed by atoms with Gasteiger partial charge in [-0.1, -0.05) is 24.4 Å². The van der Waals surface area contributed by atoms with E-state index < -0.39 is 0 Å². The number of nitrogens with zero attached hydrogens (tertiary/aromatic N) is 3. The maximum atomic E-state index is 12.8. The Bertz CT molecular complexity index is 862. The molecular formula is C20H26ClN3O2S. The molecule has 2 aliphatic heterocycles. The third-order valence-corrected chi connectivity index (χ3v) is 6.37. The number of hydrogen-bond donors (Lipinski definition) is 0. The molecule has 0 bridgehead atoms. The predicted molar refractivity (Wildman–Crippen MR) is 109 cm³/mol. The van der Waals surface area contributed by atoms with Gasteiger partial charge in [-0.3, -0.25) is 14.3 Å². The van der Waals surface area contributed by atoms with Crippen molar-refractivity contribution in [2.24, 2.45) is 5.92 Å². The van der Waals surface area contributed by atoms with Crippen LogP contribution in [0, 0.1) is 10.8 Å². The third kappa shape index (κ3) is 4.23. The Balaban J connectivity index is 1.38. The molecule has 0 radical (unpaired) electrons. The summed E-state index contributed by atoms with van der Waals surface area (Å²) in [6, 6.07) is 5.61. The largest absolute Gasteiger partial charge is 0.429 e. The molecule has 1 amide bonds. The zero-order valence-electron chi connectivity index (χ0n) is 15.5. The summed E-state index contributed by atoms with van der Waals surface area (Å²) < 4.78 is 7.69. The second-order valence-electron chi connectivity index (χ2n) is 7.68. The van der Waals surface area contributed by atoms with E-state index in [1.54, 1.807) is 6.07 Å². The molecule has 0 aliphatic carbocycles. The number of carbonyl (C=O) groups excluding carboxylic acids is 1. The van der Waals surface area contributed by atoms with Crippen LogP contribution in [0.25, 0.3) is 11.1 Å². The summed E-state index contributed by atoms with van der Waals surface area (Å²) in [7, 11) is 0. The van der Waals surface area contributed by atoms with Gasteiger partial charge < -0.3 is 9.32 Å². The number of piperidine rings is 1. The molecule has 0 saturated carbocycles. The monoisotopic (exact) mass is 407 g/mol. The van der Waals surface area contributed by atoms with Gasteiger partial charge in [0.2, 0.25) is 5.91 Å². The lowest BCUT2D eigenvalue weighted by Gasteiger charge is -2.34. The minimum Gasteiger partial charge on any atom is -0.429 e. The predicted octanol–water partition coefficient (Wildman–Crippen LogP) is 4.69. The lowest BCUT2D eigenvalue weighted by atomic mass is 9.95. The Morgan fingerprint density at radius 2 is 1.81 bits per heavy atom. The fraction of sp³-hybridized carbons (Fsp3) is 0.600. The normalized spacial score (nSPS) is 20.1. The Morgan fingerprint density at radius 1 is 1.11 bits per heavy atom. The first-order valence-corrected chi connectivity index (χ1v) is 10.7. The molecular weight excluding hydrogens is 382 g/mol. The Kier molecular flexibility index (Phi) is 5.85. The summed E-state index contributed by atoms with van der Waals surface area (Å²) in [5, 5.41) is 0.645. The average Bonchev–Trinajstić information content (AvgIpc) is 2.85. The van der Waals surface area contributed by atoms with Crippen LogP contribution in [0.5, 0.6) is 0 Å². The topological polar surface area (TPSA) is 41.6 Å². The van der Waals surface area contributed by atoms with E-state index in [9.17, 15) is 4.79 Å². The van der Waals surface area contributed by atoms with Crippen LogP contribution in [-0.4, -0.2) is 46.5 Å². The Hall–Kier alpha value is -1.37. The van der Waals surface area contributed by atoms with Crippen molar-refractivity contribution in [3.05, 3.63) is 28.1 Å². The second-order valence-corrected chi connectivity index (χ2v) is 8.47. The van der Waals surface area contributed by atoms with Gasteiger partial charge in [-0.25, -0.2) is 0 Å². The first kappa shape index (κ1) is 19.0. The summed E-state index contributed by atoms with van der Waals surface area (Å²) in [6.07, 6.45) is 6.66. The number of likely N-dealkylation sites (tertiary alicyclic amines) is 2. The molecule has 4 rings (SSSR count). The van der Waals surface area contributed by atoms with E-state index in [0.717, 1.165) is 63.0 Å². The molecule has 2 aromatic rings. The van der Waals surface area contributed by atoms with Gasteiger partial charge in [-0.2, -0.15) is 0 Å². The van der Waals surface area contributed by atoms with Crippen LogP contribution in [0.15, 0.2) is 22.6 Å². The molecule has 2 saturated heterocycles. The van der Waals surface area contributed by atoms with Crippen molar-refractivity contribution in [2.75, 3.05) is 26.2 Å². The third-order valence-electron chi connectivity index (χ3n) is 5.83. The molecule has 2 aliphatic rings. The summed E-state index contributed by atoms with van der Waals surface area (Å²) in [5.74, 6) is 0.545. The average molecular weight is 408 g/mol. The second kappa shape index (κ2) is 8.33. The van der Waals surface area contributed by atoms with Crippen LogP contribution in [0.2, 0.25) is 5.02 Å². The molecule has 146 valence electrons. The van der Waals surface area contributed by atoms with Crippen LogP contribution in [-0.2, 0) is 11.5 Å². The Morgan fingerprint density at radius 3 is 2.52 bits per heavy atom. The van der Waals surface area contributed by atoms with E-state index in [1.807, 2.05) is 16.7 Å². The van der Waals surface area contributed by atoms with Gasteiger partial charge in [0.15, 0.2) is 5.58 Å². The molecule has 1 aromatic heterocycles. The quantitative estimate of drug-likeness (QED) is 0.692. The number of rotatable bonds is 3. The summed E-state index contributed by atoms with van der Waals surface area (Å²) >= 11 is 11.4. The highest BCUT2D eigenvalue weighted by molar-refractivity contribution is 7.71.